The van der Waals surface area contributed by atoms with Crippen LogP contribution in [0.15, 0.2) is 0 Å². The fraction of sp³-hybridized carbons (Fsp3) is 0.970. The van der Waals surface area contributed by atoms with E-state index in [-0.39, 0.29) is 25.8 Å². The second kappa shape index (κ2) is 28.0. The van der Waals surface area contributed by atoms with Gasteiger partial charge in [0.05, 0.1) is 34.4 Å². The van der Waals surface area contributed by atoms with Crippen LogP contribution in [0.4, 0.5) is 0 Å². The Morgan fingerprint density at radius 3 is 1.57 bits per heavy atom. The lowest BCUT2D eigenvalue weighted by atomic mass is 10.0. The van der Waals surface area contributed by atoms with E-state index in [9.17, 15) is 14.3 Å². The van der Waals surface area contributed by atoms with Gasteiger partial charge in [-0.1, -0.05) is 129 Å². The van der Waals surface area contributed by atoms with E-state index in [0.717, 1.165) is 38.5 Å². The molecule has 0 aliphatic heterocycles. The third kappa shape index (κ3) is 30.9. The molecule has 0 aromatic carbocycles. The van der Waals surface area contributed by atoms with Gasteiger partial charge in [-0.25, -0.2) is 4.57 Å². The molecule has 0 aliphatic carbocycles. The van der Waals surface area contributed by atoms with Crippen molar-refractivity contribution in [3.8, 4) is 0 Å². The Morgan fingerprint density at radius 1 is 0.643 bits per heavy atom. The van der Waals surface area contributed by atoms with Crippen LogP contribution in [0.2, 0.25) is 0 Å². The zero-order valence-electron chi connectivity index (χ0n) is 28.3. The molecule has 2 atom stereocenters. The predicted molar refractivity (Wildman–Crippen MR) is 174 cm³/mol. The molecular formula is C33H69NO7P+. The van der Waals surface area contributed by atoms with Crippen molar-refractivity contribution in [3.05, 3.63) is 0 Å². The maximum absolute atomic E-state index is 12.3. The lowest BCUT2D eigenvalue weighted by Gasteiger charge is -2.24. The zero-order chi connectivity index (χ0) is 31.4. The molecule has 9 heteroatoms. The van der Waals surface area contributed by atoms with Crippen molar-refractivity contribution in [2.24, 2.45) is 0 Å². The van der Waals surface area contributed by atoms with E-state index >= 15 is 0 Å². The summed E-state index contributed by atoms with van der Waals surface area (Å²) in [5.74, 6) is -0.329. The highest BCUT2D eigenvalue weighted by Gasteiger charge is 2.26. The van der Waals surface area contributed by atoms with Crippen molar-refractivity contribution in [2.75, 3.05) is 54.1 Å². The zero-order valence-corrected chi connectivity index (χ0v) is 29.1. The molecule has 8 nitrogen and oxygen atoms in total. The number of hydrogen-bond acceptors (Lipinski definition) is 6. The van der Waals surface area contributed by atoms with Gasteiger partial charge in [0.25, 0.3) is 0 Å². The Balaban J connectivity index is 4.06. The number of ether oxygens (including phenoxy) is 2. The molecule has 0 bridgehead atoms. The molecule has 42 heavy (non-hydrogen) atoms. The van der Waals surface area contributed by atoms with Crippen molar-refractivity contribution in [1.29, 1.82) is 0 Å². The third-order valence-electron chi connectivity index (χ3n) is 7.42. The van der Waals surface area contributed by atoms with E-state index in [0.29, 0.717) is 24.1 Å². The number of carbonyl (C=O) groups excluding carboxylic acids is 1. The van der Waals surface area contributed by atoms with E-state index in [1.165, 1.54) is 89.9 Å². The van der Waals surface area contributed by atoms with Gasteiger partial charge in [-0.05, 0) is 12.8 Å². The lowest BCUT2D eigenvalue weighted by Crippen LogP contribution is -2.37. The molecule has 0 saturated heterocycles. The Morgan fingerprint density at radius 2 is 1.10 bits per heavy atom. The number of nitrogens with zero attached hydrogens (tertiary/aromatic N) is 1. The monoisotopic (exact) mass is 622 g/mol. The minimum Gasteiger partial charge on any atom is -0.457 e. The van der Waals surface area contributed by atoms with E-state index in [2.05, 4.69) is 13.8 Å². The summed E-state index contributed by atoms with van der Waals surface area (Å²) in [5.41, 5.74) is 0. The van der Waals surface area contributed by atoms with Gasteiger partial charge in [0.15, 0.2) is 0 Å². The van der Waals surface area contributed by atoms with Gasteiger partial charge in [0.2, 0.25) is 0 Å². The highest BCUT2D eigenvalue weighted by Crippen LogP contribution is 2.43. The molecule has 0 fully saturated rings. The van der Waals surface area contributed by atoms with Gasteiger partial charge >= 0.3 is 13.8 Å². The van der Waals surface area contributed by atoms with Crippen molar-refractivity contribution in [3.63, 3.8) is 0 Å². The summed E-state index contributed by atoms with van der Waals surface area (Å²) >= 11 is 0. The number of phosphoric acid groups is 1. The first-order valence-electron chi connectivity index (χ1n) is 17.3. The standard InChI is InChI=1S/C33H68NO7P/c1-6-8-10-12-13-14-15-16-17-18-19-20-21-22-23-25-28-38-30-32(41-33(35)26-24-11-9-7-2)31-40-42(36,37)39-29-27-34(3,4)5/h32H,6-31H2,1-5H3/p+1. The van der Waals surface area contributed by atoms with Crippen LogP contribution in [-0.4, -0.2) is 75.6 Å². The van der Waals surface area contributed by atoms with E-state index in [4.69, 9.17) is 18.5 Å². The highest BCUT2D eigenvalue weighted by atomic mass is 31.2. The Hall–Kier alpha value is -0.500. The number of carbonyl (C=O) groups is 1. The van der Waals surface area contributed by atoms with Gasteiger partial charge < -0.3 is 18.9 Å². The van der Waals surface area contributed by atoms with Crippen LogP contribution in [0, 0.1) is 0 Å². The molecule has 0 aliphatic rings. The quantitative estimate of drug-likeness (QED) is 0.0346. The van der Waals surface area contributed by atoms with E-state index in [1.807, 2.05) is 21.1 Å². The molecule has 1 N–H and O–H groups in total. The molecule has 252 valence electrons. The Labute approximate surface area is 259 Å². The largest absolute Gasteiger partial charge is 0.472 e. The second-order valence-electron chi connectivity index (χ2n) is 12.9. The molecule has 0 heterocycles. The predicted octanol–water partition coefficient (Wildman–Crippen LogP) is 8.99. The van der Waals surface area contributed by atoms with Crippen LogP contribution in [0.3, 0.4) is 0 Å². The third-order valence-corrected chi connectivity index (χ3v) is 8.40. The molecule has 0 rings (SSSR count). The average Bonchev–Trinajstić information content (AvgIpc) is 2.92. The summed E-state index contributed by atoms with van der Waals surface area (Å²) in [6, 6.07) is 0. The summed E-state index contributed by atoms with van der Waals surface area (Å²) in [7, 11) is 1.67. The lowest BCUT2D eigenvalue weighted by molar-refractivity contribution is -0.870. The number of phosphoric ester groups is 1. The number of likely N-dealkylation sites (N-methyl/N-ethyl adjacent to an activating group) is 1. The average molecular weight is 623 g/mol. The molecule has 0 amide bonds. The minimum absolute atomic E-state index is 0.0922. The fourth-order valence-electron chi connectivity index (χ4n) is 4.67. The summed E-state index contributed by atoms with van der Waals surface area (Å²) in [6.45, 7) is 5.52. The first-order valence-corrected chi connectivity index (χ1v) is 18.8. The van der Waals surface area contributed by atoms with Gasteiger partial charge in [-0.15, -0.1) is 0 Å². The van der Waals surface area contributed by atoms with Crippen LogP contribution >= 0.6 is 7.82 Å². The normalized spacial score (nSPS) is 14.1. The number of rotatable bonds is 32. The fourth-order valence-corrected chi connectivity index (χ4v) is 5.41. The summed E-state index contributed by atoms with van der Waals surface area (Å²) in [4.78, 5) is 22.4. The molecule has 0 aromatic rings. The van der Waals surface area contributed by atoms with E-state index in [1.54, 1.807) is 0 Å². The maximum Gasteiger partial charge on any atom is 0.472 e. The summed E-state index contributed by atoms with van der Waals surface area (Å²) in [6.07, 6.45) is 24.6. The van der Waals surface area contributed by atoms with Gasteiger partial charge in [-0.2, -0.15) is 0 Å². The number of esters is 1. The highest BCUT2D eigenvalue weighted by molar-refractivity contribution is 7.47. The van der Waals surface area contributed by atoms with Crippen molar-refractivity contribution >= 4 is 13.8 Å². The smallest absolute Gasteiger partial charge is 0.457 e. The van der Waals surface area contributed by atoms with Gasteiger partial charge in [0.1, 0.15) is 19.3 Å². The van der Waals surface area contributed by atoms with Crippen molar-refractivity contribution < 1.29 is 37.3 Å². The van der Waals surface area contributed by atoms with Crippen LogP contribution < -0.4 is 0 Å². The van der Waals surface area contributed by atoms with Crippen molar-refractivity contribution in [1.82, 2.24) is 0 Å². The number of quaternary nitrogens is 1. The van der Waals surface area contributed by atoms with Crippen LogP contribution in [0.25, 0.3) is 0 Å². The van der Waals surface area contributed by atoms with Crippen molar-refractivity contribution in [2.45, 2.75) is 155 Å². The SMILES string of the molecule is CCCCCCCCCCCCCCCCCCOCC(COP(=O)(O)OCC[N+](C)(C)C)OC(=O)CCCCCC. The maximum atomic E-state index is 12.3. The van der Waals surface area contributed by atoms with Gasteiger partial charge in [0, 0.05) is 13.0 Å². The van der Waals surface area contributed by atoms with Crippen LogP contribution in [-0.2, 0) is 27.9 Å². The molecule has 0 saturated carbocycles. The minimum atomic E-state index is -4.24. The van der Waals surface area contributed by atoms with Gasteiger partial charge in [-0.3, -0.25) is 13.8 Å². The molecule has 0 spiro atoms. The molecule has 0 radical (unpaired) electrons. The number of unbranched alkanes of at least 4 members (excludes halogenated alkanes) is 18. The van der Waals surface area contributed by atoms with E-state index < -0.39 is 13.9 Å². The van der Waals surface area contributed by atoms with Crippen LogP contribution in [0.1, 0.15) is 149 Å². The first-order chi connectivity index (χ1) is 20.1. The molecule has 2 unspecified atom stereocenters. The molecule has 0 aromatic heterocycles. The summed E-state index contributed by atoms with van der Waals surface area (Å²) in [5, 5.41) is 0. The summed E-state index contributed by atoms with van der Waals surface area (Å²) < 4.78 is 34.5. The first kappa shape index (κ1) is 41.5. The number of hydrogen-bond donors (Lipinski definition) is 1. The molecular weight excluding hydrogens is 553 g/mol. The second-order valence-corrected chi connectivity index (χ2v) is 14.4. The Bertz CT molecular complexity index is 657. The van der Waals surface area contributed by atoms with Crippen LogP contribution in [0.5, 0.6) is 0 Å². The topological polar surface area (TPSA) is 91.3 Å². The Kier molecular flexibility index (Phi) is 27.7.